The van der Waals surface area contributed by atoms with Crippen molar-refractivity contribution in [2.24, 2.45) is 0 Å². The molecule has 3 rings (SSSR count). The van der Waals surface area contributed by atoms with Gasteiger partial charge in [-0.05, 0) is 48.2 Å². The van der Waals surface area contributed by atoms with Gasteiger partial charge >= 0.3 is 6.03 Å². The number of hydrogen-bond donors (Lipinski definition) is 2. The maximum atomic E-state index is 12.0. The highest BCUT2D eigenvalue weighted by atomic mass is 16.5. The number of ether oxygens (including phenoxy) is 3. The Kier molecular flexibility index (Phi) is 7.07. The number of methoxy groups -OCH3 is 1. The molecule has 27 heavy (non-hydrogen) atoms. The fraction of sp³-hybridized carbons (Fsp3) is 0.381. The van der Waals surface area contributed by atoms with E-state index in [1.165, 1.54) is 0 Å². The normalized spacial score (nSPS) is 16.1. The lowest BCUT2D eigenvalue weighted by Crippen LogP contribution is -2.35. The van der Waals surface area contributed by atoms with Gasteiger partial charge in [-0.2, -0.15) is 0 Å². The summed E-state index contributed by atoms with van der Waals surface area (Å²) in [5, 5.41) is 5.70. The van der Waals surface area contributed by atoms with Crippen LogP contribution in [0, 0.1) is 0 Å². The lowest BCUT2D eigenvalue weighted by molar-refractivity contribution is 0.107. The number of urea groups is 1. The van der Waals surface area contributed by atoms with Crippen molar-refractivity contribution in [1.29, 1.82) is 0 Å². The van der Waals surface area contributed by atoms with Gasteiger partial charge in [-0.15, -0.1) is 0 Å². The molecule has 1 aliphatic rings. The minimum Gasteiger partial charge on any atom is -0.497 e. The highest BCUT2D eigenvalue weighted by molar-refractivity contribution is 5.89. The predicted octanol–water partition coefficient (Wildman–Crippen LogP) is 3.71. The van der Waals surface area contributed by atoms with Gasteiger partial charge in [0.05, 0.1) is 26.4 Å². The third kappa shape index (κ3) is 6.27. The molecular weight excluding hydrogens is 344 g/mol. The van der Waals surface area contributed by atoms with Crippen LogP contribution in [0.4, 0.5) is 10.5 Å². The van der Waals surface area contributed by atoms with Crippen molar-refractivity contribution in [3.05, 3.63) is 59.7 Å². The number of carbonyl (C=O) groups is 1. The molecule has 2 amide bonds. The lowest BCUT2D eigenvalue weighted by Gasteiger charge is -2.12. The van der Waals surface area contributed by atoms with E-state index < -0.39 is 0 Å². The molecular formula is C21H26N2O4. The topological polar surface area (TPSA) is 68.8 Å². The molecule has 6 heteroatoms. The molecule has 2 aromatic rings. The monoisotopic (exact) mass is 370 g/mol. The summed E-state index contributed by atoms with van der Waals surface area (Å²) >= 11 is 0. The molecule has 1 heterocycles. The van der Waals surface area contributed by atoms with Crippen LogP contribution in [0.5, 0.6) is 5.75 Å². The minimum absolute atomic E-state index is 0.133. The molecule has 2 N–H and O–H groups in total. The van der Waals surface area contributed by atoms with Crippen LogP contribution in [0.25, 0.3) is 0 Å². The fourth-order valence-corrected chi connectivity index (χ4v) is 2.93. The molecule has 2 aromatic carbocycles. The second-order valence-electron chi connectivity index (χ2n) is 6.51. The van der Waals surface area contributed by atoms with Gasteiger partial charge in [0.15, 0.2) is 0 Å². The largest absolute Gasteiger partial charge is 0.497 e. The lowest BCUT2D eigenvalue weighted by atomic mass is 10.2. The fourth-order valence-electron chi connectivity index (χ4n) is 2.93. The van der Waals surface area contributed by atoms with Crippen molar-refractivity contribution in [3.63, 3.8) is 0 Å². The molecule has 6 nitrogen and oxygen atoms in total. The summed E-state index contributed by atoms with van der Waals surface area (Å²) in [5.41, 5.74) is 2.82. The van der Waals surface area contributed by atoms with Gasteiger partial charge in [0.1, 0.15) is 5.75 Å². The molecule has 0 saturated carbocycles. The highest BCUT2D eigenvalue weighted by Crippen LogP contribution is 2.15. The summed E-state index contributed by atoms with van der Waals surface area (Å²) in [6.45, 7) is 2.31. The summed E-state index contributed by atoms with van der Waals surface area (Å²) in [7, 11) is 1.65. The van der Waals surface area contributed by atoms with Crippen molar-refractivity contribution in [2.75, 3.05) is 25.6 Å². The van der Waals surface area contributed by atoms with E-state index in [1.807, 2.05) is 48.5 Å². The summed E-state index contributed by atoms with van der Waals surface area (Å²) in [6.07, 6.45) is 2.20. The number of anilines is 1. The number of nitrogens with one attached hydrogen (secondary N) is 2. The van der Waals surface area contributed by atoms with E-state index in [-0.39, 0.29) is 12.1 Å². The van der Waals surface area contributed by atoms with Crippen molar-refractivity contribution < 1.29 is 19.0 Å². The van der Waals surface area contributed by atoms with Gasteiger partial charge in [-0.25, -0.2) is 4.79 Å². The molecule has 0 aliphatic carbocycles. The molecule has 1 unspecified atom stereocenters. The van der Waals surface area contributed by atoms with Crippen molar-refractivity contribution in [3.8, 4) is 5.75 Å². The van der Waals surface area contributed by atoms with E-state index in [0.29, 0.717) is 19.8 Å². The molecule has 1 fully saturated rings. The zero-order chi connectivity index (χ0) is 18.9. The third-order valence-electron chi connectivity index (χ3n) is 4.40. The molecule has 144 valence electrons. The van der Waals surface area contributed by atoms with E-state index in [0.717, 1.165) is 42.0 Å². The molecule has 0 aromatic heterocycles. The first-order valence-electron chi connectivity index (χ1n) is 9.19. The average molecular weight is 370 g/mol. The summed E-state index contributed by atoms with van der Waals surface area (Å²) in [5.74, 6) is 0.829. The van der Waals surface area contributed by atoms with Crippen LogP contribution in [0.1, 0.15) is 24.0 Å². The first kappa shape index (κ1) is 19.2. The summed E-state index contributed by atoms with van der Waals surface area (Å²) in [4.78, 5) is 12.0. The number of amides is 2. The Morgan fingerprint density at radius 3 is 2.70 bits per heavy atom. The van der Waals surface area contributed by atoms with Gasteiger partial charge in [-0.3, -0.25) is 0 Å². The number of carbonyl (C=O) groups excluding carboxylic acids is 1. The number of benzene rings is 2. The smallest absolute Gasteiger partial charge is 0.319 e. The van der Waals surface area contributed by atoms with Gasteiger partial charge in [0.2, 0.25) is 0 Å². The second kappa shape index (κ2) is 9.94. The van der Waals surface area contributed by atoms with Crippen LogP contribution in [0.3, 0.4) is 0 Å². The molecule has 1 atom stereocenters. The first-order valence-corrected chi connectivity index (χ1v) is 9.19. The third-order valence-corrected chi connectivity index (χ3v) is 4.40. The molecule has 0 spiro atoms. The van der Waals surface area contributed by atoms with Crippen LogP contribution in [-0.2, 0) is 22.7 Å². The van der Waals surface area contributed by atoms with Gasteiger partial charge in [0.25, 0.3) is 0 Å². The van der Waals surface area contributed by atoms with E-state index in [4.69, 9.17) is 14.2 Å². The number of hydrogen-bond acceptors (Lipinski definition) is 4. The standard InChI is InChI=1S/C21H26N2O4/c1-25-19-9-7-16(8-10-19)14-26-15-17-4-2-5-18(12-17)23-21(24)22-13-20-6-3-11-27-20/h2,4-5,7-10,12,20H,3,6,11,13-15H2,1H3,(H2,22,23,24). The van der Waals surface area contributed by atoms with Crippen molar-refractivity contribution in [2.45, 2.75) is 32.2 Å². The van der Waals surface area contributed by atoms with Gasteiger partial charge in [-0.1, -0.05) is 24.3 Å². The van der Waals surface area contributed by atoms with Crippen LogP contribution < -0.4 is 15.4 Å². The Morgan fingerprint density at radius 2 is 1.96 bits per heavy atom. The zero-order valence-electron chi connectivity index (χ0n) is 15.6. The molecule has 0 bridgehead atoms. The van der Waals surface area contributed by atoms with Crippen molar-refractivity contribution in [1.82, 2.24) is 5.32 Å². The van der Waals surface area contributed by atoms with Crippen LogP contribution in [0.15, 0.2) is 48.5 Å². The second-order valence-corrected chi connectivity index (χ2v) is 6.51. The predicted molar refractivity (Wildman–Crippen MR) is 104 cm³/mol. The van der Waals surface area contributed by atoms with Crippen LogP contribution >= 0.6 is 0 Å². The van der Waals surface area contributed by atoms with Crippen LogP contribution in [-0.4, -0.2) is 32.4 Å². The quantitative estimate of drug-likeness (QED) is 0.743. The maximum Gasteiger partial charge on any atom is 0.319 e. The van der Waals surface area contributed by atoms with E-state index in [9.17, 15) is 4.79 Å². The molecule has 1 aliphatic heterocycles. The Balaban J connectivity index is 1.42. The Morgan fingerprint density at radius 1 is 1.15 bits per heavy atom. The van der Waals surface area contributed by atoms with Crippen molar-refractivity contribution >= 4 is 11.7 Å². The Bertz CT molecular complexity index is 727. The number of rotatable bonds is 8. The first-order chi connectivity index (χ1) is 13.2. The van der Waals surface area contributed by atoms with E-state index in [2.05, 4.69) is 10.6 Å². The SMILES string of the molecule is COc1ccc(COCc2cccc(NC(=O)NCC3CCCO3)c2)cc1. The average Bonchev–Trinajstić information content (AvgIpc) is 3.21. The Hall–Kier alpha value is -2.57. The van der Waals surface area contributed by atoms with E-state index in [1.54, 1.807) is 7.11 Å². The highest BCUT2D eigenvalue weighted by Gasteiger charge is 2.16. The Labute approximate surface area is 159 Å². The van der Waals surface area contributed by atoms with Gasteiger partial charge in [0, 0.05) is 18.8 Å². The van der Waals surface area contributed by atoms with Crippen LogP contribution in [0.2, 0.25) is 0 Å². The maximum absolute atomic E-state index is 12.0. The molecule has 0 radical (unpaired) electrons. The minimum atomic E-state index is -0.221. The summed E-state index contributed by atoms with van der Waals surface area (Å²) < 4.78 is 16.4. The van der Waals surface area contributed by atoms with Gasteiger partial charge < -0.3 is 24.8 Å². The van der Waals surface area contributed by atoms with E-state index >= 15 is 0 Å². The summed E-state index contributed by atoms with van der Waals surface area (Å²) in [6, 6.07) is 15.2. The zero-order valence-corrected chi connectivity index (χ0v) is 15.6. The molecule has 1 saturated heterocycles.